The van der Waals surface area contributed by atoms with Crippen molar-refractivity contribution in [3.8, 4) is 0 Å². The topological polar surface area (TPSA) is 92.7 Å². The normalized spacial score (nSPS) is 14.3. The highest BCUT2D eigenvalue weighted by molar-refractivity contribution is 7.91. The maximum Gasteiger partial charge on any atom is 0.407 e. The van der Waals surface area contributed by atoms with Crippen molar-refractivity contribution >= 4 is 15.9 Å². The highest BCUT2D eigenvalue weighted by Gasteiger charge is 2.19. The second-order valence-electron chi connectivity index (χ2n) is 4.39. The van der Waals surface area contributed by atoms with Crippen molar-refractivity contribution in [2.45, 2.75) is 38.7 Å². The van der Waals surface area contributed by atoms with E-state index in [0.29, 0.717) is 0 Å². The standard InChI is InChI=1S/C9H19NO5S/c1-7(11)16(13,14)6-5-10-8(12)15-9(2,3)4/h7,11H,5-6H2,1-4H3,(H,10,12). The van der Waals surface area contributed by atoms with Crippen LogP contribution in [-0.2, 0) is 14.6 Å². The Morgan fingerprint density at radius 2 is 1.94 bits per heavy atom. The number of nitrogens with one attached hydrogen (secondary N) is 1. The van der Waals surface area contributed by atoms with Crippen LogP contribution < -0.4 is 5.32 Å². The van der Waals surface area contributed by atoms with Gasteiger partial charge >= 0.3 is 6.09 Å². The van der Waals surface area contributed by atoms with E-state index in [1.807, 2.05) is 0 Å². The molecule has 0 aliphatic heterocycles. The van der Waals surface area contributed by atoms with Crippen LogP contribution in [0, 0.1) is 0 Å². The highest BCUT2D eigenvalue weighted by atomic mass is 32.2. The van der Waals surface area contributed by atoms with Crippen molar-refractivity contribution in [3.63, 3.8) is 0 Å². The van der Waals surface area contributed by atoms with Crippen molar-refractivity contribution in [3.05, 3.63) is 0 Å². The molecule has 0 heterocycles. The Bertz CT molecular complexity index is 328. The Morgan fingerprint density at radius 3 is 2.31 bits per heavy atom. The predicted molar refractivity (Wildman–Crippen MR) is 59.7 cm³/mol. The van der Waals surface area contributed by atoms with Crippen LogP contribution in [0.4, 0.5) is 4.79 Å². The monoisotopic (exact) mass is 253 g/mol. The van der Waals surface area contributed by atoms with Crippen LogP contribution in [0.25, 0.3) is 0 Å². The molecule has 0 aromatic carbocycles. The number of aliphatic hydroxyl groups excluding tert-OH is 1. The Balaban J connectivity index is 3.97. The number of carbonyl (C=O) groups is 1. The van der Waals surface area contributed by atoms with Gasteiger partial charge in [-0.15, -0.1) is 0 Å². The number of alkyl carbamates (subject to hydrolysis) is 1. The minimum Gasteiger partial charge on any atom is -0.444 e. The van der Waals surface area contributed by atoms with E-state index in [2.05, 4.69) is 5.32 Å². The molecule has 96 valence electrons. The average molecular weight is 253 g/mol. The molecule has 0 bridgehead atoms. The lowest BCUT2D eigenvalue weighted by Crippen LogP contribution is -2.36. The maximum atomic E-state index is 11.2. The van der Waals surface area contributed by atoms with E-state index in [9.17, 15) is 13.2 Å². The zero-order chi connectivity index (χ0) is 13.0. The van der Waals surface area contributed by atoms with Gasteiger partial charge in [-0.3, -0.25) is 0 Å². The SMILES string of the molecule is CC(O)S(=O)(=O)CCNC(=O)OC(C)(C)C. The average Bonchev–Trinajstić information content (AvgIpc) is 1.99. The van der Waals surface area contributed by atoms with Gasteiger partial charge in [0, 0.05) is 6.54 Å². The molecule has 1 unspecified atom stereocenters. The summed E-state index contributed by atoms with van der Waals surface area (Å²) >= 11 is 0. The number of rotatable bonds is 4. The largest absolute Gasteiger partial charge is 0.444 e. The van der Waals surface area contributed by atoms with E-state index in [4.69, 9.17) is 9.84 Å². The molecule has 0 saturated carbocycles. The van der Waals surface area contributed by atoms with E-state index in [0.717, 1.165) is 0 Å². The summed E-state index contributed by atoms with van der Waals surface area (Å²) in [4.78, 5) is 11.1. The number of carbonyl (C=O) groups excluding carboxylic acids is 1. The third-order valence-corrected chi connectivity index (χ3v) is 3.39. The zero-order valence-corrected chi connectivity index (χ0v) is 10.8. The molecule has 1 atom stereocenters. The van der Waals surface area contributed by atoms with Crippen LogP contribution in [0.15, 0.2) is 0 Å². The summed E-state index contributed by atoms with van der Waals surface area (Å²) in [5.41, 5.74) is -2.04. The molecule has 0 radical (unpaired) electrons. The second kappa shape index (κ2) is 5.49. The summed E-state index contributed by atoms with van der Waals surface area (Å²) in [6.07, 6.45) is -0.673. The number of hydrogen-bond acceptors (Lipinski definition) is 5. The summed E-state index contributed by atoms with van der Waals surface area (Å²) in [7, 11) is -3.55. The Kier molecular flexibility index (Phi) is 5.21. The van der Waals surface area contributed by atoms with Gasteiger partial charge < -0.3 is 15.2 Å². The number of aliphatic hydroxyl groups is 1. The van der Waals surface area contributed by atoms with Gasteiger partial charge in [0.05, 0.1) is 5.75 Å². The minimum absolute atomic E-state index is 0.0812. The zero-order valence-electron chi connectivity index (χ0n) is 9.98. The predicted octanol–water partition coefficient (Wildman–Crippen LogP) is 0.264. The molecule has 0 aromatic rings. The van der Waals surface area contributed by atoms with Crippen molar-refractivity contribution < 1.29 is 23.1 Å². The molecule has 1 amide bonds. The van der Waals surface area contributed by atoms with Gasteiger partial charge in [-0.1, -0.05) is 0 Å². The third-order valence-electron chi connectivity index (χ3n) is 1.57. The molecule has 6 nitrogen and oxygen atoms in total. The van der Waals surface area contributed by atoms with Crippen molar-refractivity contribution in [2.75, 3.05) is 12.3 Å². The molecular weight excluding hydrogens is 234 g/mol. The number of ether oxygens (including phenoxy) is 1. The second-order valence-corrected chi connectivity index (χ2v) is 6.81. The Morgan fingerprint density at radius 1 is 1.44 bits per heavy atom. The fraction of sp³-hybridized carbons (Fsp3) is 0.889. The Hall–Kier alpha value is -0.820. The summed E-state index contributed by atoms with van der Waals surface area (Å²) in [6, 6.07) is 0. The molecule has 0 saturated heterocycles. The smallest absolute Gasteiger partial charge is 0.407 e. The summed E-state index contributed by atoms with van der Waals surface area (Å²) in [5, 5.41) is 11.2. The van der Waals surface area contributed by atoms with Crippen molar-refractivity contribution in [1.29, 1.82) is 0 Å². The van der Waals surface area contributed by atoms with E-state index in [1.54, 1.807) is 20.8 Å². The summed E-state index contributed by atoms with van der Waals surface area (Å²) in [6.45, 7) is 6.21. The van der Waals surface area contributed by atoms with Crippen LogP contribution >= 0.6 is 0 Å². The highest BCUT2D eigenvalue weighted by Crippen LogP contribution is 2.06. The van der Waals surface area contributed by atoms with Crippen LogP contribution in [0.5, 0.6) is 0 Å². The molecule has 0 fully saturated rings. The lowest BCUT2D eigenvalue weighted by molar-refractivity contribution is 0.0531. The number of sulfone groups is 1. The summed E-state index contributed by atoms with van der Waals surface area (Å²) in [5.74, 6) is -0.316. The first-order chi connectivity index (χ1) is 7.04. The van der Waals surface area contributed by atoms with Gasteiger partial charge in [-0.25, -0.2) is 13.2 Å². The molecule has 2 N–H and O–H groups in total. The molecule has 0 aliphatic rings. The van der Waals surface area contributed by atoms with Gasteiger partial charge in [-0.2, -0.15) is 0 Å². The van der Waals surface area contributed by atoms with Gasteiger partial charge in [0.15, 0.2) is 15.3 Å². The molecule has 7 heteroatoms. The van der Waals surface area contributed by atoms with Crippen LogP contribution in [0.2, 0.25) is 0 Å². The lowest BCUT2D eigenvalue weighted by Gasteiger charge is -2.19. The lowest BCUT2D eigenvalue weighted by atomic mass is 10.2. The van der Waals surface area contributed by atoms with Crippen LogP contribution in [0.1, 0.15) is 27.7 Å². The molecule has 0 aromatic heterocycles. The van der Waals surface area contributed by atoms with Gasteiger partial charge in [0.2, 0.25) is 0 Å². The molecule has 0 rings (SSSR count). The first-order valence-electron chi connectivity index (χ1n) is 4.91. The van der Waals surface area contributed by atoms with Crippen molar-refractivity contribution in [2.24, 2.45) is 0 Å². The maximum absolute atomic E-state index is 11.2. The summed E-state index contributed by atoms with van der Waals surface area (Å²) < 4.78 is 27.2. The third kappa shape index (κ3) is 6.62. The van der Waals surface area contributed by atoms with E-state index in [-0.39, 0.29) is 12.3 Å². The fourth-order valence-electron chi connectivity index (χ4n) is 0.780. The van der Waals surface area contributed by atoms with Crippen LogP contribution in [0.3, 0.4) is 0 Å². The molecular formula is C9H19NO5S. The first-order valence-corrected chi connectivity index (χ1v) is 6.62. The van der Waals surface area contributed by atoms with Gasteiger partial charge in [0.1, 0.15) is 5.60 Å². The number of hydrogen-bond donors (Lipinski definition) is 2. The van der Waals surface area contributed by atoms with Crippen LogP contribution in [-0.4, -0.2) is 43.0 Å². The van der Waals surface area contributed by atoms with Gasteiger partial charge in [0.25, 0.3) is 0 Å². The quantitative estimate of drug-likeness (QED) is 0.750. The first kappa shape index (κ1) is 15.2. The molecule has 16 heavy (non-hydrogen) atoms. The fourth-order valence-corrected chi connectivity index (χ4v) is 1.51. The molecule has 0 aliphatic carbocycles. The van der Waals surface area contributed by atoms with E-state index >= 15 is 0 Å². The minimum atomic E-state index is -3.55. The van der Waals surface area contributed by atoms with Gasteiger partial charge in [-0.05, 0) is 27.7 Å². The van der Waals surface area contributed by atoms with E-state index < -0.39 is 27.0 Å². The number of amides is 1. The Labute approximate surface area is 95.9 Å². The van der Waals surface area contributed by atoms with Crippen molar-refractivity contribution in [1.82, 2.24) is 5.32 Å². The molecule has 0 spiro atoms. The van der Waals surface area contributed by atoms with E-state index in [1.165, 1.54) is 6.92 Å².